The number of nitrogens with two attached hydrogens (primary N) is 1. The fraction of sp³-hybridized carbons (Fsp3) is 0.143. The Labute approximate surface area is 122 Å². The molecule has 0 aliphatic rings. The first kappa shape index (κ1) is 14.8. The molecule has 6 heteroatoms. The lowest BCUT2D eigenvalue weighted by molar-refractivity contribution is 0.595. The maximum atomic E-state index is 13.2. The molecule has 2 rings (SSSR count). The molecule has 0 aromatic heterocycles. The fourth-order valence-corrected chi connectivity index (χ4v) is 3.71. The van der Waals surface area contributed by atoms with Crippen molar-refractivity contribution in [2.45, 2.75) is 17.6 Å². The van der Waals surface area contributed by atoms with Crippen LogP contribution in [0.3, 0.4) is 0 Å². The Morgan fingerprint density at radius 1 is 1.25 bits per heavy atom. The Bertz CT molecular complexity index is 760. The molecule has 0 spiro atoms. The van der Waals surface area contributed by atoms with E-state index in [1.807, 2.05) is 0 Å². The third-order valence-electron chi connectivity index (χ3n) is 2.97. The van der Waals surface area contributed by atoms with E-state index in [0.29, 0.717) is 5.56 Å². The van der Waals surface area contributed by atoms with E-state index in [2.05, 4.69) is 0 Å². The molecular formula is C14H13ClFNO2S. The SMILES string of the molecule is Cc1cccc(S(=O)(=O)Cc2cc(F)ccc2Cl)c1N. The summed E-state index contributed by atoms with van der Waals surface area (Å²) in [4.78, 5) is 0.0397. The number of halogens is 2. The minimum Gasteiger partial charge on any atom is -0.397 e. The highest BCUT2D eigenvalue weighted by Crippen LogP contribution is 2.27. The third kappa shape index (κ3) is 2.94. The van der Waals surface area contributed by atoms with E-state index in [1.54, 1.807) is 19.1 Å². The van der Waals surface area contributed by atoms with Crippen molar-refractivity contribution in [3.8, 4) is 0 Å². The number of aryl methyl sites for hydroxylation is 1. The molecule has 2 aromatic rings. The van der Waals surface area contributed by atoms with Crippen molar-refractivity contribution in [1.82, 2.24) is 0 Å². The van der Waals surface area contributed by atoms with Gasteiger partial charge in [-0.1, -0.05) is 23.7 Å². The fourth-order valence-electron chi connectivity index (χ4n) is 1.86. The predicted octanol–water partition coefficient (Wildman–Crippen LogP) is 3.34. The quantitative estimate of drug-likeness (QED) is 0.884. The molecule has 2 aromatic carbocycles. The third-order valence-corrected chi connectivity index (χ3v) is 5.06. The van der Waals surface area contributed by atoms with E-state index in [9.17, 15) is 12.8 Å². The van der Waals surface area contributed by atoms with Crippen molar-refractivity contribution < 1.29 is 12.8 Å². The topological polar surface area (TPSA) is 60.2 Å². The highest BCUT2D eigenvalue weighted by molar-refractivity contribution is 7.90. The van der Waals surface area contributed by atoms with Crippen LogP contribution in [0.5, 0.6) is 0 Å². The molecule has 0 aliphatic carbocycles. The monoisotopic (exact) mass is 313 g/mol. The Balaban J connectivity index is 2.46. The number of sulfone groups is 1. The molecule has 0 heterocycles. The summed E-state index contributed by atoms with van der Waals surface area (Å²) in [5.74, 6) is -0.922. The first-order valence-electron chi connectivity index (χ1n) is 5.83. The van der Waals surface area contributed by atoms with Gasteiger partial charge in [-0.2, -0.15) is 0 Å². The van der Waals surface area contributed by atoms with Crippen LogP contribution in [0.2, 0.25) is 5.02 Å². The van der Waals surface area contributed by atoms with Gasteiger partial charge in [0.2, 0.25) is 0 Å². The first-order valence-corrected chi connectivity index (χ1v) is 7.86. The van der Waals surface area contributed by atoms with Gasteiger partial charge in [0.15, 0.2) is 9.84 Å². The zero-order valence-corrected chi connectivity index (χ0v) is 12.3. The Morgan fingerprint density at radius 3 is 2.65 bits per heavy atom. The lowest BCUT2D eigenvalue weighted by atomic mass is 10.2. The Morgan fingerprint density at radius 2 is 1.95 bits per heavy atom. The molecule has 0 amide bonds. The van der Waals surface area contributed by atoms with Crippen molar-refractivity contribution in [2.75, 3.05) is 5.73 Å². The van der Waals surface area contributed by atoms with Gasteiger partial charge in [-0.05, 0) is 42.3 Å². The summed E-state index contributed by atoms with van der Waals surface area (Å²) in [6, 6.07) is 8.41. The van der Waals surface area contributed by atoms with Gasteiger partial charge in [-0.15, -0.1) is 0 Å². The molecule has 0 unspecified atom stereocenters. The molecule has 0 saturated heterocycles. The lowest BCUT2D eigenvalue weighted by Crippen LogP contribution is -2.09. The van der Waals surface area contributed by atoms with Crippen molar-refractivity contribution in [3.63, 3.8) is 0 Å². The summed E-state index contributed by atoms with van der Waals surface area (Å²) >= 11 is 5.90. The van der Waals surface area contributed by atoms with Gasteiger partial charge in [-0.25, -0.2) is 12.8 Å². The van der Waals surface area contributed by atoms with Gasteiger partial charge < -0.3 is 5.73 Å². The van der Waals surface area contributed by atoms with Crippen LogP contribution in [0.15, 0.2) is 41.3 Å². The average Bonchev–Trinajstić information content (AvgIpc) is 2.36. The minimum atomic E-state index is -3.68. The second-order valence-electron chi connectivity index (χ2n) is 4.48. The van der Waals surface area contributed by atoms with Crippen molar-refractivity contribution >= 4 is 27.1 Å². The second-order valence-corrected chi connectivity index (χ2v) is 6.85. The van der Waals surface area contributed by atoms with E-state index >= 15 is 0 Å². The van der Waals surface area contributed by atoms with E-state index in [-0.39, 0.29) is 21.2 Å². The molecule has 0 aliphatic heterocycles. The van der Waals surface area contributed by atoms with Gasteiger partial charge in [0, 0.05) is 5.02 Å². The zero-order chi connectivity index (χ0) is 14.9. The van der Waals surface area contributed by atoms with Crippen LogP contribution >= 0.6 is 11.6 Å². The molecule has 0 fully saturated rings. The van der Waals surface area contributed by atoms with Gasteiger partial charge in [-0.3, -0.25) is 0 Å². The zero-order valence-electron chi connectivity index (χ0n) is 10.7. The Kier molecular flexibility index (Phi) is 4.01. The largest absolute Gasteiger partial charge is 0.397 e. The number of anilines is 1. The summed E-state index contributed by atoms with van der Waals surface area (Å²) in [5.41, 5.74) is 6.91. The number of hydrogen-bond donors (Lipinski definition) is 1. The summed E-state index contributed by atoms with van der Waals surface area (Å²) < 4.78 is 37.9. The molecule has 106 valence electrons. The summed E-state index contributed by atoms with van der Waals surface area (Å²) in [6.07, 6.45) is 0. The number of hydrogen-bond acceptors (Lipinski definition) is 3. The van der Waals surface area contributed by atoms with Gasteiger partial charge in [0.1, 0.15) is 5.82 Å². The highest BCUT2D eigenvalue weighted by Gasteiger charge is 2.20. The van der Waals surface area contributed by atoms with E-state index < -0.39 is 21.4 Å². The van der Waals surface area contributed by atoms with Gasteiger partial charge >= 0.3 is 0 Å². The van der Waals surface area contributed by atoms with Gasteiger partial charge in [0.05, 0.1) is 16.3 Å². The first-order chi connectivity index (χ1) is 9.31. The summed E-state index contributed by atoms with van der Waals surface area (Å²) in [5, 5.41) is 0.209. The van der Waals surface area contributed by atoms with Crippen LogP contribution < -0.4 is 5.73 Å². The normalized spacial score (nSPS) is 11.6. The number of para-hydroxylation sites is 1. The molecule has 0 saturated carbocycles. The minimum absolute atomic E-state index is 0.0397. The van der Waals surface area contributed by atoms with Crippen LogP contribution in [0.4, 0.5) is 10.1 Å². The molecular weight excluding hydrogens is 301 g/mol. The second kappa shape index (κ2) is 5.42. The number of rotatable bonds is 3. The van der Waals surface area contributed by atoms with Crippen molar-refractivity contribution in [3.05, 3.63) is 58.4 Å². The lowest BCUT2D eigenvalue weighted by Gasteiger charge is -2.10. The Hall–Kier alpha value is -1.59. The molecule has 0 atom stereocenters. The van der Waals surface area contributed by atoms with Crippen LogP contribution in [-0.2, 0) is 15.6 Å². The van der Waals surface area contributed by atoms with E-state index in [0.717, 1.165) is 6.07 Å². The summed E-state index contributed by atoms with van der Waals surface area (Å²) in [7, 11) is -3.68. The van der Waals surface area contributed by atoms with E-state index in [4.69, 9.17) is 17.3 Å². The van der Waals surface area contributed by atoms with Gasteiger partial charge in [0.25, 0.3) is 0 Å². The predicted molar refractivity (Wildman–Crippen MR) is 77.9 cm³/mol. The number of nitrogen functional groups attached to an aromatic ring is 1. The molecule has 0 radical (unpaired) electrons. The number of benzene rings is 2. The smallest absolute Gasteiger partial charge is 0.184 e. The standard InChI is InChI=1S/C14H13ClFNO2S/c1-9-3-2-4-13(14(9)17)20(18,19)8-10-7-11(16)5-6-12(10)15/h2-7H,8,17H2,1H3. The van der Waals surface area contributed by atoms with Crippen LogP contribution in [0, 0.1) is 12.7 Å². The summed E-state index contributed by atoms with van der Waals surface area (Å²) in [6.45, 7) is 1.73. The van der Waals surface area contributed by atoms with Crippen LogP contribution in [0.25, 0.3) is 0 Å². The maximum absolute atomic E-state index is 13.2. The maximum Gasteiger partial charge on any atom is 0.184 e. The molecule has 0 bridgehead atoms. The average molecular weight is 314 g/mol. The van der Waals surface area contributed by atoms with Crippen LogP contribution in [0.1, 0.15) is 11.1 Å². The molecule has 3 nitrogen and oxygen atoms in total. The van der Waals surface area contributed by atoms with E-state index in [1.165, 1.54) is 18.2 Å². The van der Waals surface area contributed by atoms with Crippen LogP contribution in [-0.4, -0.2) is 8.42 Å². The van der Waals surface area contributed by atoms with Crippen molar-refractivity contribution in [2.24, 2.45) is 0 Å². The van der Waals surface area contributed by atoms with Crippen molar-refractivity contribution in [1.29, 1.82) is 0 Å². The molecule has 20 heavy (non-hydrogen) atoms. The highest BCUT2D eigenvalue weighted by atomic mass is 35.5. The molecule has 2 N–H and O–H groups in total.